The second kappa shape index (κ2) is 8.97. The largest absolute Gasteiger partial charge is 0.445 e. The molecule has 4 aliphatic rings. The van der Waals surface area contributed by atoms with Crippen molar-refractivity contribution >= 4 is 46.3 Å². The molecular weight excluding hydrogens is 406 g/mol. The fourth-order valence-electron chi connectivity index (χ4n) is 4.29. The highest BCUT2D eigenvalue weighted by Crippen LogP contribution is 2.31. The summed E-state index contributed by atoms with van der Waals surface area (Å²) in [7, 11) is 3.11. The van der Waals surface area contributed by atoms with E-state index in [1.807, 2.05) is 0 Å². The number of urea groups is 1. The number of nitrogens with zero attached hydrogens (tertiary/aromatic N) is 5. The second-order valence-corrected chi connectivity index (χ2v) is 9.06. The molecule has 3 aliphatic heterocycles. The monoisotopic (exact) mass is 434 g/mol. The van der Waals surface area contributed by atoms with Crippen LogP contribution in [-0.2, 0) is 14.3 Å². The Labute approximate surface area is 180 Å². The number of carbonyl (C=O) groups excluding carboxylic acids is 3. The summed E-state index contributed by atoms with van der Waals surface area (Å²) >= 11 is 1.29. The SMILES string of the molecule is CN1C(=O)C2C(SCC(=O)N3CCOCC3)=NC(C3CCCCC3)=NC2=[N+](C)C1=O. The number of fused-ring (bicyclic) bond motifs is 1. The molecule has 0 aromatic heterocycles. The van der Waals surface area contributed by atoms with Gasteiger partial charge in [-0.1, -0.05) is 36.0 Å². The van der Waals surface area contributed by atoms with Crippen LogP contribution < -0.4 is 0 Å². The number of carbonyl (C=O) groups is 3. The summed E-state index contributed by atoms with van der Waals surface area (Å²) in [5.74, 6) is 0.498. The van der Waals surface area contributed by atoms with Crippen LogP contribution in [0.2, 0.25) is 0 Å². The highest BCUT2D eigenvalue weighted by atomic mass is 32.2. The fraction of sp³-hybridized carbons (Fsp3) is 0.700. The number of aliphatic imine (C=N–C) groups is 2. The van der Waals surface area contributed by atoms with Gasteiger partial charge >= 0.3 is 11.9 Å². The van der Waals surface area contributed by atoms with Crippen LogP contribution in [0.4, 0.5) is 4.79 Å². The average Bonchev–Trinajstić information content (AvgIpc) is 2.80. The van der Waals surface area contributed by atoms with Crippen LogP contribution in [0.25, 0.3) is 0 Å². The molecule has 0 aromatic rings. The van der Waals surface area contributed by atoms with Gasteiger partial charge in [0.25, 0.3) is 5.84 Å². The zero-order chi connectivity index (χ0) is 21.3. The molecule has 1 saturated carbocycles. The molecule has 0 radical (unpaired) electrons. The Morgan fingerprint density at radius 2 is 1.87 bits per heavy atom. The maximum Gasteiger partial charge on any atom is 0.445 e. The van der Waals surface area contributed by atoms with E-state index in [9.17, 15) is 14.4 Å². The summed E-state index contributed by atoms with van der Waals surface area (Å²) in [5, 5.41) is 0.568. The molecule has 1 saturated heterocycles. The molecule has 4 amide bonds. The van der Waals surface area contributed by atoms with Crippen molar-refractivity contribution in [2.75, 3.05) is 46.2 Å². The highest BCUT2D eigenvalue weighted by Gasteiger charge is 2.49. The Bertz CT molecular complexity index is 840. The molecule has 10 heteroatoms. The second-order valence-electron chi connectivity index (χ2n) is 8.07. The highest BCUT2D eigenvalue weighted by molar-refractivity contribution is 8.14. The van der Waals surface area contributed by atoms with Crippen molar-refractivity contribution in [3.05, 3.63) is 0 Å². The average molecular weight is 435 g/mol. The summed E-state index contributed by atoms with van der Waals surface area (Å²) in [6.07, 6.45) is 5.50. The van der Waals surface area contributed by atoms with E-state index in [1.165, 1.54) is 29.8 Å². The summed E-state index contributed by atoms with van der Waals surface area (Å²) in [5.41, 5.74) is 0. The number of morpholine rings is 1. The smallest absolute Gasteiger partial charge is 0.378 e. The minimum atomic E-state index is -0.729. The van der Waals surface area contributed by atoms with Crippen LogP contribution >= 0.6 is 11.8 Å². The van der Waals surface area contributed by atoms with Gasteiger partial charge in [-0.3, -0.25) is 9.59 Å². The van der Waals surface area contributed by atoms with Gasteiger partial charge in [-0.15, -0.1) is 0 Å². The van der Waals surface area contributed by atoms with Crippen molar-refractivity contribution < 1.29 is 23.7 Å². The molecule has 0 spiro atoms. The molecule has 1 atom stereocenters. The molecule has 0 N–H and O–H groups in total. The lowest BCUT2D eigenvalue weighted by Gasteiger charge is -2.29. The first-order valence-corrected chi connectivity index (χ1v) is 11.5. The summed E-state index contributed by atoms with van der Waals surface area (Å²) in [6.45, 7) is 2.26. The Kier molecular flexibility index (Phi) is 6.33. The number of amidine groups is 2. The van der Waals surface area contributed by atoms with Crippen molar-refractivity contribution in [1.82, 2.24) is 9.80 Å². The number of hydrogen-bond donors (Lipinski definition) is 0. The van der Waals surface area contributed by atoms with Gasteiger partial charge in [-0.25, -0.2) is 9.79 Å². The Morgan fingerprint density at radius 3 is 2.57 bits per heavy atom. The van der Waals surface area contributed by atoms with Crippen molar-refractivity contribution in [3.63, 3.8) is 0 Å². The molecule has 1 aliphatic carbocycles. The van der Waals surface area contributed by atoms with Crippen molar-refractivity contribution in [1.29, 1.82) is 0 Å². The van der Waals surface area contributed by atoms with E-state index < -0.39 is 11.9 Å². The summed E-state index contributed by atoms with van der Waals surface area (Å²) < 4.78 is 6.75. The zero-order valence-corrected chi connectivity index (χ0v) is 18.3. The first-order valence-electron chi connectivity index (χ1n) is 10.5. The molecule has 0 bridgehead atoms. The third kappa shape index (κ3) is 4.07. The van der Waals surface area contributed by atoms with E-state index in [4.69, 9.17) is 9.73 Å². The van der Waals surface area contributed by atoms with Gasteiger partial charge in [-0.05, 0) is 12.8 Å². The zero-order valence-electron chi connectivity index (χ0n) is 17.5. The molecule has 1 unspecified atom stereocenters. The Morgan fingerprint density at radius 1 is 1.17 bits per heavy atom. The maximum absolute atomic E-state index is 12.9. The van der Waals surface area contributed by atoms with Crippen molar-refractivity contribution in [3.8, 4) is 0 Å². The third-order valence-corrected chi connectivity index (χ3v) is 7.15. The van der Waals surface area contributed by atoms with Gasteiger partial charge in [0.2, 0.25) is 11.7 Å². The predicted molar refractivity (Wildman–Crippen MR) is 114 cm³/mol. The molecule has 0 aromatic carbocycles. The lowest BCUT2D eigenvalue weighted by molar-refractivity contribution is -0.407. The quantitative estimate of drug-likeness (QED) is 0.623. The van der Waals surface area contributed by atoms with E-state index in [0.717, 1.165) is 30.6 Å². The number of hydrogen-bond acceptors (Lipinski definition) is 7. The molecule has 30 heavy (non-hydrogen) atoms. The minimum absolute atomic E-state index is 0.00956. The van der Waals surface area contributed by atoms with E-state index >= 15 is 0 Å². The summed E-state index contributed by atoms with van der Waals surface area (Å²) in [4.78, 5) is 50.4. The van der Waals surface area contributed by atoms with Crippen LogP contribution in [0.1, 0.15) is 32.1 Å². The lowest BCUT2D eigenvalue weighted by Crippen LogP contribution is -2.55. The standard InChI is InChI=1S/C20H28N5O4S/c1-23-17-15(19(27)24(2)20(23)28)18(22-16(21-17)13-6-4-3-5-7-13)30-12-14(26)25-8-10-29-11-9-25/h13,15H,3-12H2,1-2H3/q+1. The first kappa shape index (κ1) is 21.2. The number of ether oxygens (including phenoxy) is 1. The number of amides is 4. The molecule has 162 valence electrons. The topological polar surface area (TPSA) is 94.7 Å². The van der Waals surface area contributed by atoms with Gasteiger partial charge in [0.05, 0.1) is 33.1 Å². The molecular formula is C20H28N5O4S+. The molecule has 9 nitrogen and oxygen atoms in total. The van der Waals surface area contributed by atoms with Gasteiger partial charge in [-0.2, -0.15) is 9.48 Å². The van der Waals surface area contributed by atoms with Crippen molar-refractivity contribution in [2.24, 2.45) is 21.8 Å². The van der Waals surface area contributed by atoms with E-state index in [0.29, 0.717) is 43.0 Å². The normalized spacial score (nSPS) is 25.9. The van der Waals surface area contributed by atoms with Gasteiger partial charge in [0.1, 0.15) is 5.04 Å². The molecule has 3 heterocycles. The molecule has 4 rings (SSSR count). The van der Waals surface area contributed by atoms with E-state index in [2.05, 4.69) is 4.99 Å². The fourth-order valence-corrected chi connectivity index (χ4v) is 5.27. The Hall–Kier alpha value is -2.07. The number of thioether (sulfide) groups is 1. The number of imide groups is 1. The molecule has 2 fully saturated rings. The van der Waals surface area contributed by atoms with Gasteiger partial charge in [0.15, 0.2) is 5.92 Å². The van der Waals surface area contributed by atoms with Crippen LogP contribution in [0.3, 0.4) is 0 Å². The minimum Gasteiger partial charge on any atom is -0.378 e. The first-order chi connectivity index (χ1) is 14.5. The van der Waals surface area contributed by atoms with Crippen LogP contribution in [-0.4, -0.2) is 95.1 Å². The van der Waals surface area contributed by atoms with Gasteiger partial charge < -0.3 is 9.64 Å². The predicted octanol–water partition coefficient (Wildman–Crippen LogP) is 1.22. The van der Waals surface area contributed by atoms with Crippen LogP contribution in [0.5, 0.6) is 0 Å². The third-order valence-electron chi connectivity index (χ3n) is 6.13. The maximum atomic E-state index is 12.9. The van der Waals surface area contributed by atoms with Gasteiger partial charge in [0, 0.05) is 19.0 Å². The van der Waals surface area contributed by atoms with Crippen LogP contribution in [0, 0.1) is 11.8 Å². The van der Waals surface area contributed by atoms with E-state index in [-0.39, 0.29) is 23.5 Å². The number of rotatable bonds is 3. The van der Waals surface area contributed by atoms with E-state index in [1.54, 1.807) is 11.9 Å². The Balaban J connectivity index is 1.61. The summed E-state index contributed by atoms with van der Waals surface area (Å²) in [6, 6.07) is -0.395. The van der Waals surface area contributed by atoms with Crippen molar-refractivity contribution in [2.45, 2.75) is 32.1 Å². The lowest BCUT2D eigenvalue weighted by atomic mass is 9.88. The van der Waals surface area contributed by atoms with Crippen LogP contribution in [0.15, 0.2) is 9.98 Å².